The number of Topliss-reactive ketones (excluding diaryl/α,β-unsaturated/α-hetero) is 1. The van der Waals surface area contributed by atoms with Crippen molar-refractivity contribution in [3.63, 3.8) is 0 Å². The molecule has 7 nitrogen and oxygen atoms in total. The number of anilines is 1. The second-order valence-corrected chi connectivity index (χ2v) is 9.56. The van der Waals surface area contributed by atoms with Crippen molar-refractivity contribution in [3.05, 3.63) is 52.5 Å². The van der Waals surface area contributed by atoms with Gasteiger partial charge in [-0.25, -0.2) is 0 Å². The monoisotopic (exact) mass is 528 g/mol. The number of methoxy groups -OCH3 is 1. The number of ketones is 1. The Morgan fingerprint density at radius 3 is 2.73 bits per heavy atom. The van der Waals surface area contributed by atoms with Gasteiger partial charge in [0.1, 0.15) is 5.75 Å². The molecule has 0 saturated carbocycles. The fourth-order valence-corrected chi connectivity index (χ4v) is 4.59. The predicted molar refractivity (Wildman–Crippen MR) is 133 cm³/mol. The van der Waals surface area contributed by atoms with Crippen molar-refractivity contribution in [1.82, 2.24) is 15.2 Å². The number of rotatable bonds is 9. The van der Waals surface area contributed by atoms with Gasteiger partial charge in [0.2, 0.25) is 23.0 Å². The highest BCUT2D eigenvalue weighted by molar-refractivity contribution is 9.10. The van der Waals surface area contributed by atoms with E-state index >= 15 is 0 Å². The Balaban J connectivity index is 1.63. The third-order valence-electron chi connectivity index (χ3n) is 5.23. The van der Waals surface area contributed by atoms with Crippen LogP contribution in [0.2, 0.25) is 0 Å². The summed E-state index contributed by atoms with van der Waals surface area (Å²) in [7, 11) is 1.59. The van der Waals surface area contributed by atoms with Crippen LogP contribution in [-0.4, -0.2) is 40.1 Å². The summed E-state index contributed by atoms with van der Waals surface area (Å²) < 4.78 is 12.2. The van der Waals surface area contributed by atoms with Crippen LogP contribution in [0.5, 0.6) is 11.6 Å². The number of halogens is 1. The molecule has 1 atom stereocenters. The van der Waals surface area contributed by atoms with Gasteiger partial charge in [0.05, 0.1) is 7.11 Å². The number of carbonyl (C=O) groups is 1. The molecule has 1 N–H and O–H groups in total. The molecule has 1 aliphatic heterocycles. The first-order valence-electron chi connectivity index (χ1n) is 10.9. The first-order valence-corrected chi connectivity index (χ1v) is 12.7. The highest BCUT2D eigenvalue weighted by atomic mass is 79.9. The van der Waals surface area contributed by atoms with E-state index in [4.69, 9.17) is 9.47 Å². The molecule has 4 rings (SSSR count). The lowest BCUT2D eigenvalue weighted by Crippen LogP contribution is -2.35. The number of hydrogen-bond donors (Lipinski definition) is 1. The summed E-state index contributed by atoms with van der Waals surface area (Å²) in [5.41, 5.74) is 2.49. The topological polar surface area (TPSA) is 86.2 Å². The Hall–Kier alpha value is -2.65. The number of ether oxygens (including phenoxy) is 2. The average molecular weight is 529 g/mol. The normalized spacial score (nSPS) is 14.3. The molecule has 0 unspecified atom stereocenters. The first kappa shape index (κ1) is 23.5. The molecule has 33 heavy (non-hydrogen) atoms. The minimum Gasteiger partial charge on any atom is -0.497 e. The molecule has 0 aliphatic carbocycles. The summed E-state index contributed by atoms with van der Waals surface area (Å²) in [6, 6.07) is 12.6. The molecular formula is C24H25BrN4O3S. The number of unbranched alkanes of at least 4 members (excludes halogenated alkanes) is 3. The molecule has 2 heterocycles. The molecule has 0 fully saturated rings. The number of nitrogens with zero attached hydrogens (tertiary/aromatic N) is 3. The number of benzene rings is 2. The third kappa shape index (κ3) is 5.65. The molecule has 172 valence electrons. The van der Waals surface area contributed by atoms with Crippen LogP contribution in [0, 0.1) is 0 Å². The second-order valence-electron chi connectivity index (χ2n) is 7.58. The van der Waals surface area contributed by atoms with Crippen LogP contribution < -0.4 is 14.8 Å². The largest absolute Gasteiger partial charge is 0.497 e. The minimum absolute atomic E-state index is 0.216. The van der Waals surface area contributed by atoms with Crippen molar-refractivity contribution in [2.75, 3.05) is 18.2 Å². The Morgan fingerprint density at radius 2 is 1.97 bits per heavy atom. The summed E-state index contributed by atoms with van der Waals surface area (Å²) in [6.45, 7) is 2.19. The summed E-state index contributed by atoms with van der Waals surface area (Å²) in [5, 5.41) is 12.5. The summed E-state index contributed by atoms with van der Waals surface area (Å²) in [4.78, 5) is 17.9. The standard InChI is InChI=1S/C24H25BrN4O3S/c1-3-4-5-6-13-33-24-27-22-20(28-29-24)18-14-16(25)9-12-19(18)26-23(32-22)21(30)15-7-10-17(31-2)11-8-15/h7-12,14,23,26H,3-6,13H2,1-2H3/t23-/m1/s1. The fraction of sp³-hybridized carbons (Fsp3) is 0.333. The van der Waals surface area contributed by atoms with Crippen LogP contribution in [0.4, 0.5) is 5.69 Å². The molecule has 9 heteroatoms. The number of fused-ring (bicyclic) bond motifs is 3. The van der Waals surface area contributed by atoms with E-state index in [1.807, 2.05) is 18.2 Å². The van der Waals surface area contributed by atoms with E-state index < -0.39 is 6.23 Å². The Labute approximate surface area is 205 Å². The maximum atomic E-state index is 13.3. The molecule has 3 aromatic rings. The van der Waals surface area contributed by atoms with E-state index in [0.29, 0.717) is 22.2 Å². The number of nitrogens with one attached hydrogen (secondary N) is 1. The van der Waals surface area contributed by atoms with Gasteiger partial charge in [-0.2, -0.15) is 4.98 Å². The smallest absolute Gasteiger partial charge is 0.247 e. The van der Waals surface area contributed by atoms with Gasteiger partial charge < -0.3 is 14.8 Å². The van der Waals surface area contributed by atoms with Gasteiger partial charge in [-0.05, 0) is 48.9 Å². The molecular weight excluding hydrogens is 504 g/mol. The van der Waals surface area contributed by atoms with Gasteiger partial charge in [0.15, 0.2) is 5.69 Å². The second kappa shape index (κ2) is 11.0. The van der Waals surface area contributed by atoms with E-state index in [2.05, 4.69) is 43.4 Å². The van der Waals surface area contributed by atoms with Gasteiger partial charge in [-0.3, -0.25) is 4.79 Å². The Morgan fingerprint density at radius 1 is 1.15 bits per heavy atom. The zero-order valence-corrected chi connectivity index (χ0v) is 20.9. The van der Waals surface area contributed by atoms with E-state index in [-0.39, 0.29) is 11.7 Å². The summed E-state index contributed by atoms with van der Waals surface area (Å²) >= 11 is 5.06. The maximum absolute atomic E-state index is 13.3. The van der Waals surface area contributed by atoms with Crippen LogP contribution in [-0.2, 0) is 0 Å². The van der Waals surface area contributed by atoms with E-state index in [1.165, 1.54) is 19.3 Å². The van der Waals surface area contributed by atoms with Gasteiger partial charge in [-0.1, -0.05) is 53.9 Å². The number of aromatic nitrogens is 3. The molecule has 1 aromatic heterocycles. The van der Waals surface area contributed by atoms with Gasteiger partial charge in [0.25, 0.3) is 0 Å². The molecule has 2 aromatic carbocycles. The van der Waals surface area contributed by atoms with E-state index in [0.717, 1.165) is 27.9 Å². The Bertz CT molecular complexity index is 1130. The quantitative estimate of drug-likeness (QED) is 0.205. The van der Waals surface area contributed by atoms with Crippen LogP contribution in [0.3, 0.4) is 0 Å². The highest BCUT2D eigenvalue weighted by Crippen LogP contribution is 2.38. The average Bonchev–Trinajstić information content (AvgIpc) is 3.00. The number of carbonyl (C=O) groups excluding carboxylic acids is 1. The van der Waals surface area contributed by atoms with Crippen LogP contribution in [0.1, 0.15) is 43.0 Å². The zero-order valence-electron chi connectivity index (χ0n) is 18.5. The van der Waals surface area contributed by atoms with Crippen LogP contribution >= 0.6 is 27.7 Å². The lowest BCUT2D eigenvalue weighted by Gasteiger charge is -2.18. The van der Waals surface area contributed by atoms with Crippen molar-refractivity contribution >= 4 is 39.2 Å². The van der Waals surface area contributed by atoms with Crippen molar-refractivity contribution in [3.8, 4) is 22.9 Å². The third-order valence-corrected chi connectivity index (χ3v) is 6.65. The fourth-order valence-electron chi connectivity index (χ4n) is 3.45. The molecule has 0 spiro atoms. The summed E-state index contributed by atoms with van der Waals surface area (Å²) in [5.74, 6) is 1.66. The first-order chi connectivity index (χ1) is 16.1. The molecule has 0 amide bonds. The lowest BCUT2D eigenvalue weighted by atomic mass is 10.1. The number of thioether (sulfide) groups is 1. The van der Waals surface area contributed by atoms with E-state index in [1.54, 1.807) is 43.1 Å². The molecule has 1 aliphatic rings. The van der Waals surface area contributed by atoms with Crippen LogP contribution in [0.15, 0.2) is 52.1 Å². The summed E-state index contributed by atoms with van der Waals surface area (Å²) in [6.07, 6.45) is 3.73. The Kier molecular flexibility index (Phi) is 7.82. The van der Waals surface area contributed by atoms with Gasteiger partial charge >= 0.3 is 0 Å². The zero-order chi connectivity index (χ0) is 23.2. The van der Waals surface area contributed by atoms with Gasteiger partial charge in [-0.15, -0.1) is 10.2 Å². The molecule has 0 saturated heterocycles. The van der Waals surface area contributed by atoms with Crippen molar-refractivity contribution in [2.24, 2.45) is 0 Å². The van der Waals surface area contributed by atoms with E-state index in [9.17, 15) is 4.79 Å². The SMILES string of the molecule is CCCCCCSc1nnc2c(n1)O[C@H](C(=O)c1ccc(OC)cc1)Nc1ccc(Br)cc1-2. The predicted octanol–water partition coefficient (Wildman–Crippen LogP) is 6.00. The highest BCUT2D eigenvalue weighted by Gasteiger charge is 2.30. The van der Waals surface area contributed by atoms with Crippen molar-refractivity contribution in [2.45, 2.75) is 44.0 Å². The maximum Gasteiger partial charge on any atom is 0.247 e. The molecule has 0 bridgehead atoms. The lowest BCUT2D eigenvalue weighted by molar-refractivity contribution is 0.0823. The van der Waals surface area contributed by atoms with Crippen molar-refractivity contribution in [1.29, 1.82) is 0 Å². The minimum atomic E-state index is -0.960. The number of hydrogen-bond acceptors (Lipinski definition) is 8. The van der Waals surface area contributed by atoms with Gasteiger partial charge in [0, 0.05) is 27.0 Å². The van der Waals surface area contributed by atoms with Crippen LogP contribution in [0.25, 0.3) is 11.3 Å². The molecule has 0 radical (unpaired) electrons. The van der Waals surface area contributed by atoms with Crippen molar-refractivity contribution < 1.29 is 14.3 Å².